The van der Waals surface area contributed by atoms with Gasteiger partial charge in [-0.25, -0.2) is 0 Å². The molecule has 0 saturated heterocycles. The van der Waals surface area contributed by atoms with E-state index in [1.807, 2.05) is 36.4 Å². The van der Waals surface area contributed by atoms with Crippen molar-refractivity contribution in [3.63, 3.8) is 0 Å². The molecule has 0 amide bonds. The van der Waals surface area contributed by atoms with Crippen LogP contribution in [-0.2, 0) is 0 Å². The predicted octanol–water partition coefficient (Wildman–Crippen LogP) is 5.79. The average Bonchev–Trinajstić information content (AvgIpc) is 2.74. The second-order valence-electron chi connectivity index (χ2n) is 6.47. The van der Waals surface area contributed by atoms with Gasteiger partial charge in [0.05, 0.1) is 5.38 Å². The van der Waals surface area contributed by atoms with Crippen LogP contribution in [0.15, 0.2) is 84.9 Å². The van der Waals surface area contributed by atoms with Gasteiger partial charge in [-0.05, 0) is 35.4 Å². The van der Waals surface area contributed by atoms with Crippen LogP contribution in [0.5, 0.6) is 5.75 Å². The Morgan fingerprint density at radius 3 is 1.93 bits per heavy atom. The predicted molar refractivity (Wildman–Crippen MR) is 114 cm³/mol. The minimum atomic E-state index is -0.144. The minimum Gasteiger partial charge on any atom is -0.492 e. The van der Waals surface area contributed by atoms with Crippen LogP contribution in [0.2, 0.25) is 0 Å². The quantitative estimate of drug-likeness (QED) is 0.375. The molecule has 3 aromatic carbocycles. The Hall–Kier alpha value is -2.29. The smallest absolute Gasteiger partial charge is 0.119 e. The van der Waals surface area contributed by atoms with Crippen molar-refractivity contribution in [3.05, 3.63) is 102 Å². The monoisotopic (exact) mass is 379 g/mol. The van der Waals surface area contributed by atoms with E-state index in [-0.39, 0.29) is 11.3 Å². The van der Waals surface area contributed by atoms with Crippen molar-refractivity contribution in [3.8, 4) is 5.75 Å². The number of rotatable bonds is 9. The van der Waals surface area contributed by atoms with Gasteiger partial charge >= 0.3 is 0 Å². The lowest BCUT2D eigenvalue weighted by atomic mass is 9.85. The van der Waals surface area contributed by atoms with E-state index in [1.165, 1.54) is 11.1 Å². The molecule has 140 valence electrons. The molecule has 0 spiro atoms. The fraction of sp³-hybridized carbons (Fsp3) is 0.250. The number of benzene rings is 3. The molecule has 0 aliphatic rings. The molecule has 0 bridgehead atoms. The number of hydrogen-bond acceptors (Lipinski definition) is 2. The second kappa shape index (κ2) is 10.1. The van der Waals surface area contributed by atoms with Crippen molar-refractivity contribution in [2.45, 2.75) is 18.2 Å². The molecule has 0 aromatic heterocycles. The molecule has 1 N–H and O–H groups in total. The largest absolute Gasteiger partial charge is 0.492 e. The number of ether oxygens (including phenoxy) is 1. The Kier molecular flexibility index (Phi) is 7.32. The number of halogens is 1. The zero-order valence-corrected chi connectivity index (χ0v) is 16.4. The van der Waals surface area contributed by atoms with Crippen molar-refractivity contribution in [1.29, 1.82) is 0 Å². The molecule has 0 heterocycles. The summed E-state index contributed by atoms with van der Waals surface area (Å²) in [7, 11) is 0. The van der Waals surface area contributed by atoms with Crippen LogP contribution in [0, 0.1) is 0 Å². The van der Waals surface area contributed by atoms with Gasteiger partial charge < -0.3 is 10.1 Å². The summed E-state index contributed by atoms with van der Waals surface area (Å²) in [6.45, 7) is 4.56. The maximum Gasteiger partial charge on any atom is 0.119 e. The first-order valence-electron chi connectivity index (χ1n) is 9.47. The van der Waals surface area contributed by atoms with Gasteiger partial charge in [0, 0.05) is 12.5 Å². The molecule has 27 heavy (non-hydrogen) atoms. The third kappa shape index (κ3) is 5.35. The zero-order valence-electron chi connectivity index (χ0n) is 15.6. The van der Waals surface area contributed by atoms with Crippen molar-refractivity contribution in [2.75, 3.05) is 19.7 Å². The van der Waals surface area contributed by atoms with Gasteiger partial charge in [0.15, 0.2) is 0 Å². The van der Waals surface area contributed by atoms with E-state index in [0.29, 0.717) is 6.61 Å². The molecule has 0 aliphatic heterocycles. The van der Waals surface area contributed by atoms with Crippen molar-refractivity contribution in [2.24, 2.45) is 0 Å². The summed E-state index contributed by atoms with van der Waals surface area (Å²) in [4.78, 5) is 0. The third-order valence-electron chi connectivity index (χ3n) is 4.61. The summed E-state index contributed by atoms with van der Waals surface area (Å²) in [6, 6.07) is 29.0. The normalized spacial score (nSPS) is 13.1. The van der Waals surface area contributed by atoms with Crippen LogP contribution in [0.4, 0.5) is 0 Å². The lowest BCUT2D eigenvalue weighted by Crippen LogP contribution is -2.20. The van der Waals surface area contributed by atoms with E-state index in [1.54, 1.807) is 0 Å². The average molecular weight is 380 g/mol. The third-order valence-corrected chi connectivity index (χ3v) is 5.11. The van der Waals surface area contributed by atoms with E-state index < -0.39 is 0 Å². The second-order valence-corrected chi connectivity index (χ2v) is 6.94. The number of likely N-dealkylation sites (N-methyl/N-ethyl adjacent to an activating group) is 1. The van der Waals surface area contributed by atoms with Gasteiger partial charge in [-0.15, -0.1) is 11.6 Å². The molecule has 0 fully saturated rings. The topological polar surface area (TPSA) is 21.3 Å². The molecule has 0 saturated carbocycles. The Morgan fingerprint density at radius 2 is 1.33 bits per heavy atom. The molecule has 0 aliphatic carbocycles. The maximum atomic E-state index is 6.96. The van der Waals surface area contributed by atoms with Gasteiger partial charge in [0.1, 0.15) is 12.4 Å². The maximum absolute atomic E-state index is 6.96. The lowest BCUT2D eigenvalue weighted by molar-refractivity contribution is 0.315. The van der Waals surface area contributed by atoms with Crippen molar-refractivity contribution < 1.29 is 4.74 Å². The van der Waals surface area contributed by atoms with E-state index in [9.17, 15) is 0 Å². The summed E-state index contributed by atoms with van der Waals surface area (Å²) >= 11 is 6.96. The van der Waals surface area contributed by atoms with E-state index in [0.717, 1.165) is 24.4 Å². The van der Waals surface area contributed by atoms with Gasteiger partial charge in [0.25, 0.3) is 0 Å². The highest BCUT2D eigenvalue weighted by atomic mass is 35.5. The molecule has 2 atom stereocenters. The zero-order chi connectivity index (χ0) is 18.9. The van der Waals surface area contributed by atoms with Gasteiger partial charge in [-0.1, -0.05) is 79.7 Å². The Labute approximate surface area is 167 Å². The highest BCUT2D eigenvalue weighted by molar-refractivity contribution is 6.21. The first kappa shape index (κ1) is 19.5. The molecule has 3 heteroatoms. The van der Waals surface area contributed by atoms with Crippen LogP contribution < -0.4 is 10.1 Å². The fourth-order valence-corrected chi connectivity index (χ4v) is 3.65. The van der Waals surface area contributed by atoms with E-state index >= 15 is 0 Å². The van der Waals surface area contributed by atoms with Gasteiger partial charge in [0.2, 0.25) is 0 Å². The summed E-state index contributed by atoms with van der Waals surface area (Å²) in [5, 5.41) is 3.12. The Bertz CT molecular complexity index is 790. The van der Waals surface area contributed by atoms with Crippen LogP contribution >= 0.6 is 11.6 Å². The molecule has 2 unspecified atom stereocenters. The molecule has 0 radical (unpaired) electrons. The molecule has 3 rings (SSSR count). The highest BCUT2D eigenvalue weighted by Crippen LogP contribution is 2.41. The Morgan fingerprint density at radius 1 is 0.778 bits per heavy atom. The van der Waals surface area contributed by atoms with E-state index in [2.05, 4.69) is 60.8 Å². The number of alkyl halides is 1. The van der Waals surface area contributed by atoms with Crippen LogP contribution in [-0.4, -0.2) is 19.7 Å². The highest BCUT2D eigenvalue weighted by Gasteiger charge is 2.24. The van der Waals surface area contributed by atoms with Gasteiger partial charge in [-0.2, -0.15) is 0 Å². The fourth-order valence-electron chi connectivity index (χ4n) is 3.21. The standard InChI is InChI=1S/C24H26ClNO/c1-2-26-17-18-27-22-15-13-20(14-16-22)23(19-9-5-3-6-10-19)24(25)21-11-7-4-8-12-21/h3-16,23-24,26H,2,17-18H2,1H3. The minimum absolute atomic E-state index is 0.0751. The van der Waals surface area contributed by atoms with Crippen LogP contribution in [0.1, 0.15) is 34.9 Å². The van der Waals surface area contributed by atoms with E-state index in [4.69, 9.17) is 16.3 Å². The first-order valence-corrected chi connectivity index (χ1v) is 9.90. The van der Waals surface area contributed by atoms with Crippen molar-refractivity contribution in [1.82, 2.24) is 5.32 Å². The summed E-state index contributed by atoms with van der Waals surface area (Å²) in [5.41, 5.74) is 3.52. The number of nitrogens with one attached hydrogen (secondary N) is 1. The summed E-state index contributed by atoms with van der Waals surface area (Å²) in [6.07, 6.45) is 0. The van der Waals surface area contributed by atoms with Crippen LogP contribution in [0.3, 0.4) is 0 Å². The molecular formula is C24H26ClNO. The van der Waals surface area contributed by atoms with Gasteiger partial charge in [-0.3, -0.25) is 0 Å². The summed E-state index contributed by atoms with van der Waals surface area (Å²) in [5.74, 6) is 0.959. The Balaban J connectivity index is 1.83. The SMILES string of the molecule is CCNCCOc1ccc(C(c2ccccc2)C(Cl)c2ccccc2)cc1. The molecule has 2 nitrogen and oxygen atoms in total. The van der Waals surface area contributed by atoms with Crippen LogP contribution in [0.25, 0.3) is 0 Å². The first-order chi connectivity index (χ1) is 13.3. The number of hydrogen-bond donors (Lipinski definition) is 1. The molecular weight excluding hydrogens is 354 g/mol. The molecule has 3 aromatic rings. The lowest BCUT2D eigenvalue weighted by Gasteiger charge is -2.24. The summed E-state index contributed by atoms with van der Waals surface area (Å²) < 4.78 is 5.80. The van der Waals surface area contributed by atoms with Crippen molar-refractivity contribution >= 4 is 11.6 Å².